The van der Waals surface area contributed by atoms with E-state index >= 15 is 0 Å². The van der Waals surface area contributed by atoms with Gasteiger partial charge >= 0.3 is 6.09 Å². The van der Waals surface area contributed by atoms with Crippen molar-refractivity contribution in [2.45, 2.75) is 31.3 Å². The number of ether oxygens (including phenoxy) is 1. The van der Waals surface area contributed by atoms with Gasteiger partial charge in [-0.1, -0.05) is 15.9 Å². The lowest BCUT2D eigenvalue weighted by atomic mass is 10.2. The lowest BCUT2D eigenvalue weighted by molar-refractivity contribution is 0.0635. The van der Waals surface area contributed by atoms with E-state index in [1.165, 1.54) is 6.07 Å². The maximum absolute atomic E-state index is 13.6. The van der Waals surface area contributed by atoms with Crippen LogP contribution < -0.4 is 5.32 Å². The van der Waals surface area contributed by atoms with E-state index in [0.717, 1.165) is 0 Å². The highest BCUT2D eigenvalue weighted by molar-refractivity contribution is 9.10. The minimum absolute atomic E-state index is 0.00535. The number of hydrogen-bond acceptors (Lipinski definition) is 3. The summed E-state index contributed by atoms with van der Waals surface area (Å²) >= 11 is 7.21. The number of amides is 1. The Balaban J connectivity index is 2.86. The first-order valence-electron chi connectivity index (χ1n) is 4.87. The quantitative estimate of drug-likeness (QED) is 0.760. The standard InChI is InChI=1S/C11H13BrFNO2S/c1-11(2,3)16-10(15)14-9-7(13)4-6(12)5-8(9)17/h4-5,17H,1-3H3,(H,14,15). The first-order chi connectivity index (χ1) is 7.69. The molecule has 0 aliphatic carbocycles. The molecule has 1 N–H and O–H groups in total. The molecule has 0 saturated carbocycles. The van der Waals surface area contributed by atoms with Crippen LogP contribution in [0.4, 0.5) is 14.9 Å². The topological polar surface area (TPSA) is 38.3 Å². The second kappa shape index (κ2) is 5.27. The number of nitrogens with one attached hydrogen (secondary N) is 1. The number of rotatable bonds is 1. The number of carbonyl (C=O) groups is 1. The summed E-state index contributed by atoms with van der Waals surface area (Å²) in [7, 11) is 0. The number of carbonyl (C=O) groups excluding carboxylic acids is 1. The van der Waals surface area contributed by atoms with Crippen molar-refractivity contribution in [1.29, 1.82) is 0 Å². The molecule has 0 spiro atoms. The molecule has 0 atom stereocenters. The van der Waals surface area contributed by atoms with Crippen LogP contribution in [0.2, 0.25) is 0 Å². The predicted molar refractivity (Wildman–Crippen MR) is 71.2 cm³/mol. The van der Waals surface area contributed by atoms with Crippen LogP contribution in [0.3, 0.4) is 0 Å². The molecule has 0 saturated heterocycles. The summed E-state index contributed by atoms with van der Waals surface area (Å²) in [4.78, 5) is 11.8. The van der Waals surface area contributed by atoms with E-state index in [4.69, 9.17) is 4.74 Å². The van der Waals surface area contributed by atoms with Gasteiger partial charge in [0, 0.05) is 9.37 Å². The van der Waals surface area contributed by atoms with Crippen LogP contribution in [0.15, 0.2) is 21.5 Å². The van der Waals surface area contributed by atoms with Crippen molar-refractivity contribution in [1.82, 2.24) is 0 Å². The smallest absolute Gasteiger partial charge is 0.412 e. The van der Waals surface area contributed by atoms with Crippen molar-refractivity contribution >= 4 is 40.3 Å². The highest BCUT2D eigenvalue weighted by Crippen LogP contribution is 2.28. The van der Waals surface area contributed by atoms with Crippen LogP contribution in [0, 0.1) is 5.82 Å². The zero-order chi connectivity index (χ0) is 13.2. The molecular weight excluding hydrogens is 309 g/mol. The zero-order valence-corrected chi connectivity index (χ0v) is 12.2. The Morgan fingerprint density at radius 2 is 2.06 bits per heavy atom. The molecule has 0 aliphatic rings. The van der Waals surface area contributed by atoms with Gasteiger partial charge in [0.25, 0.3) is 0 Å². The third-order valence-corrected chi connectivity index (χ3v) is 2.47. The van der Waals surface area contributed by atoms with Gasteiger partial charge in [0.1, 0.15) is 11.4 Å². The third kappa shape index (κ3) is 4.55. The van der Waals surface area contributed by atoms with Gasteiger partial charge in [0.2, 0.25) is 0 Å². The first-order valence-corrected chi connectivity index (χ1v) is 6.11. The van der Waals surface area contributed by atoms with Gasteiger partial charge in [0.15, 0.2) is 0 Å². The highest BCUT2D eigenvalue weighted by atomic mass is 79.9. The lowest BCUT2D eigenvalue weighted by Crippen LogP contribution is -2.27. The molecule has 1 aromatic carbocycles. The molecule has 0 aromatic heterocycles. The molecule has 17 heavy (non-hydrogen) atoms. The van der Waals surface area contributed by atoms with E-state index in [9.17, 15) is 9.18 Å². The Labute approximate surface area is 113 Å². The van der Waals surface area contributed by atoms with E-state index in [1.807, 2.05) is 0 Å². The maximum Gasteiger partial charge on any atom is 0.412 e. The van der Waals surface area contributed by atoms with Crippen LogP contribution >= 0.6 is 28.6 Å². The fraction of sp³-hybridized carbons (Fsp3) is 0.364. The van der Waals surface area contributed by atoms with Crippen LogP contribution in [0.1, 0.15) is 20.8 Å². The fourth-order valence-electron chi connectivity index (χ4n) is 1.09. The first kappa shape index (κ1) is 14.3. The van der Waals surface area contributed by atoms with E-state index in [2.05, 4.69) is 33.9 Å². The largest absolute Gasteiger partial charge is 0.444 e. The van der Waals surface area contributed by atoms with Crippen LogP contribution in [0.25, 0.3) is 0 Å². The van der Waals surface area contributed by atoms with Crippen molar-refractivity contribution in [3.63, 3.8) is 0 Å². The SMILES string of the molecule is CC(C)(C)OC(=O)Nc1c(F)cc(Br)cc1S. The average molecular weight is 322 g/mol. The molecule has 94 valence electrons. The van der Waals surface area contributed by atoms with E-state index in [0.29, 0.717) is 9.37 Å². The summed E-state index contributed by atoms with van der Waals surface area (Å²) in [5.41, 5.74) is -0.627. The maximum atomic E-state index is 13.6. The Hall–Kier alpha value is -0.750. The zero-order valence-electron chi connectivity index (χ0n) is 9.67. The third-order valence-electron chi connectivity index (χ3n) is 1.66. The van der Waals surface area contributed by atoms with Gasteiger partial charge in [-0.05, 0) is 32.9 Å². The van der Waals surface area contributed by atoms with Gasteiger partial charge in [-0.2, -0.15) is 0 Å². The summed E-state index contributed by atoms with van der Waals surface area (Å²) in [6.45, 7) is 5.18. The highest BCUT2D eigenvalue weighted by Gasteiger charge is 2.18. The molecule has 0 bridgehead atoms. The van der Waals surface area contributed by atoms with Gasteiger partial charge in [-0.3, -0.25) is 5.32 Å². The molecule has 6 heteroatoms. The summed E-state index contributed by atoms with van der Waals surface area (Å²) in [6, 6.07) is 2.82. The Bertz CT molecular complexity index is 423. The van der Waals surface area contributed by atoms with Crippen molar-refractivity contribution < 1.29 is 13.9 Å². The van der Waals surface area contributed by atoms with Gasteiger partial charge < -0.3 is 4.74 Å². The molecule has 1 rings (SSSR count). The molecular formula is C11H13BrFNO2S. The number of benzene rings is 1. The summed E-state index contributed by atoms with van der Waals surface area (Å²) in [5.74, 6) is -0.574. The minimum Gasteiger partial charge on any atom is -0.444 e. The molecule has 0 fully saturated rings. The molecule has 0 heterocycles. The van der Waals surface area contributed by atoms with E-state index in [1.54, 1.807) is 26.8 Å². The summed E-state index contributed by atoms with van der Waals surface area (Å²) in [6.07, 6.45) is -0.714. The number of thiol groups is 1. The Morgan fingerprint density at radius 3 is 2.53 bits per heavy atom. The fourth-order valence-corrected chi connectivity index (χ4v) is 2.00. The molecule has 0 unspecified atom stereocenters. The van der Waals surface area contributed by atoms with Crippen LogP contribution in [-0.2, 0) is 4.74 Å². The number of halogens is 2. The second-order valence-electron chi connectivity index (χ2n) is 4.41. The van der Waals surface area contributed by atoms with E-state index in [-0.39, 0.29) is 5.69 Å². The normalized spacial score (nSPS) is 11.2. The van der Waals surface area contributed by atoms with Gasteiger partial charge in [0.05, 0.1) is 5.69 Å². The minimum atomic E-state index is -0.714. The van der Waals surface area contributed by atoms with Crippen molar-refractivity contribution in [3.05, 3.63) is 22.4 Å². The van der Waals surface area contributed by atoms with Gasteiger partial charge in [-0.25, -0.2) is 9.18 Å². The van der Waals surface area contributed by atoms with Gasteiger partial charge in [-0.15, -0.1) is 12.6 Å². The van der Waals surface area contributed by atoms with Crippen LogP contribution in [-0.4, -0.2) is 11.7 Å². The monoisotopic (exact) mass is 321 g/mol. The summed E-state index contributed by atoms with van der Waals surface area (Å²) < 4.78 is 19.1. The summed E-state index contributed by atoms with van der Waals surface area (Å²) in [5, 5.41) is 2.33. The molecule has 0 radical (unpaired) electrons. The van der Waals surface area contributed by atoms with Crippen molar-refractivity contribution in [2.75, 3.05) is 5.32 Å². The van der Waals surface area contributed by atoms with Crippen molar-refractivity contribution in [2.24, 2.45) is 0 Å². The average Bonchev–Trinajstić information content (AvgIpc) is 2.08. The Morgan fingerprint density at radius 1 is 1.47 bits per heavy atom. The number of anilines is 1. The van der Waals surface area contributed by atoms with Crippen LogP contribution in [0.5, 0.6) is 0 Å². The molecule has 1 aromatic rings. The molecule has 1 amide bonds. The Kier molecular flexibility index (Phi) is 4.43. The molecule has 0 aliphatic heterocycles. The molecule has 3 nitrogen and oxygen atoms in total. The lowest BCUT2D eigenvalue weighted by Gasteiger charge is -2.20. The number of hydrogen-bond donors (Lipinski definition) is 2. The second-order valence-corrected chi connectivity index (χ2v) is 5.81. The van der Waals surface area contributed by atoms with Crippen molar-refractivity contribution in [3.8, 4) is 0 Å². The predicted octanol–water partition coefficient (Wildman–Crippen LogP) is 4.22. The van der Waals surface area contributed by atoms with E-state index < -0.39 is 17.5 Å².